The maximum Gasteiger partial charge on any atom is 0.244 e. The van der Waals surface area contributed by atoms with E-state index in [4.69, 9.17) is 10.8 Å². The van der Waals surface area contributed by atoms with Crippen LogP contribution in [0.15, 0.2) is 21.5 Å². The van der Waals surface area contributed by atoms with Crippen molar-refractivity contribution < 1.29 is 17.9 Å². The number of aliphatic hydroxyl groups excluding tert-OH is 1. The standard InChI is InChI=1S/C13H18BrFN2O3S/c14-10-6-11(15)12(16)7-13(10)21(19,20)17-4-1-2-9(8-17)3-5-18/h6-7,9,18H,1-5,8,16H2. The van der Waals surface area contributed by atoms with Crippen LogP contribution in [0.3, 0.4) is 0 Å². The fourth-order valence-electron chi connectivity index (χ4n) is 2.54. The molecule has 0 saturated carbocycles. The van der Waals surface area contributed by atoms with E-state index in [1.54, 1.807) is 0 Å². The lowest BCUT2D eigenvalue weighted by Gasteiger charge is -2.32. The number of nitrogens with zero attached hydrogens (tertiary/aromatic N) is 1. The average molecular weight is 381 g/mol. The summed E-state index contributed by atoms with van der Waals surface area (Å²) in [7, 11) is -3.73. The van der Waals surface area contributed by atoms with Crippen LogP contribution in [0.2, 0.25) is 0 Å². The Morgan fingerprint density at radius 2 is 2.19 bits per heavy atom. The van der Waals surface area contributed by atoms with Crippen molar-refractivity contribution in [3.63, 3.8) is 0 Å². The Morgan fingerprint density at radius 1 is 1.48 bits per heavy atom. The molecular formula is C13H18BrFN2O3S. The highest BCUT2D eigenvalue weighted by Gasteiger charge is 2.31. The molecule has 1 unspecified atom stereocenters. The first-order chi connectivity index (χ1) is 9.86. The second kappa shape index (κ2) is 6.60. The third kappa shape index (κ3) is 3.56. The predicted molar refractivity (Wildman–Crippen MR) is 81.7 cm³/mol. The number of halogens is 2. The third-order valence-electron chi connectivity index (χ3n) is 3.69. The van der Waals surface area contributed by atoms with Crippen molar-refractivity contribution in [1.29, 1.82) is 0 Å². The number of sulfonamides is 1. The van der Waals surface area contributed by atoms with E-state index < -0.39 is 15.8 Å². The molecule has 1 aliphatic rings. The van der Waals surface area contributed by atoms with Crippen molar-refractivity contribution in [2.24, 2.45) is 5.92 Å². The van der Waals surface area contributed by atoms with E-state index >= 15 is 0 Å². The first kappa shape index (κ1) is 16.7. The molecule has 1 saturated heterocycles. The monoisotopic (exact) mass is 380 g/mol. The fraction of sp³-hybridized carbons (Fsp3) is 0.538. The van der Waals surface area contributed by atoms with Gasteiger partial charge in [0.05, 0.1) is 10.6 Å². The van der Waals surface area contributed by atoms with Crippen molar-refractivity contribution in [2.45, 2.75) is 24.2 Å². The molecule has 5 nitrogen and oxygen atoms in total. The van der Waals surface area contributed by atoms with E-state index in [1.807, 2.05) is 0 Å². The topological polar surface area (TPSA) is 83.6 Å². The number of aliphatic hydroxyl groups is 1. The van der Waals surface area contributed by atoms with E-state index in [0.717, 1.165) is 25.0 Å². The molecule has 1 aromatic rings. The molecule has 0 aromatic heterocycles. The second-order valence-electron chi connectivity index (χ2n) is 5.19. The van der Waals surface area contributed by atoms with Gasteiger partial charge in [-0.2, -0.15) is 4.31 Å². The summed E-state index contributed by atoms with van der Waals surface area (Å²) in [5, 5.41) is 9.00. The Kier molecular flexibility index (Phi) is 5.24. The number of benzene rings is 1. The Labute approximate surface area is 132 Å². The average Bonchev–Trinajstić information content (AvgIpc) is 2.43. The fourth-order valence-corrected chi connectivity index (χ4v) is 5.11. The van der Waals surface area contributed by atoms with Crippen LogP contribution in [0.5, 0.6) is 0 Å². The van der Waals surface area contributed by atoms with Crippen LogP contribution in [0.1, 0.15) is 19.3 Å². The molecule has 1 atom stereocenters. The van der Waals surface area contributed by atoms with Crippen LogP contribution in [0.25, 0.3) is 0 Å². The molecule has 0 amide bonds. The minimum absolute atomic E-state index is 0.0222. The van der Waals surface area contributed by atoms with Crippen molar-refractivity contribution >= 4 is 31.6 Å². The Balaban J connectivity index is 2.31. The van der Waals surface area contributed by atoms with Gasteiger partial charge in [0.2, 0.25) is 10.0 Å². The van der Waals surface area contributed by atoms with E-state index in [2.05, 4.69) is 15.9 Å². The molecule has 1 fully saturated rings. The summed E-state index contributed by atoms with van der Waals surface area (Å²) in [5.74, 6) is -0.507. The van der Waals surface area contributed by atoms with E-state index in [1.165, 1.54) is 4.31 Å². The molecule has 3 N–H and O–H groups in total. The van der Waals surface area contributed by atoms with E-state index in [9.17, 15) is 12.8 Å². The SMILES string of the molecule is Nc1cc(S(=O)(=O)N2CCCC(CCO)C2)c(Br)cc1F. The van der Waals surface area contributed by atoms with Gasteiger partial charge in [-0.1, -0.05) is 0 Å². The zero-order valence-corrected chi connectivity index (χ0v) is 13.8. The first-order valence-corrected chi connectivity index (χ1v) is 8.95. The van der Waals surface area contributed by atoms with Crippen molar-refractivity contribution in [3.8, 4) is 0 Å². The van der Waals surface area contributed by atoms with Gasteiger partial charge in [-0.25, -0.2) is 12.8 Å². The highest BCUT2D eigenvalue weighted by atomic mass is 79.9. The number of anilines is 1. The molecule has 1 aliphatic heterocycles. The largest absolute Gasteiger partial charge is 0.396 e. The summed E-state index contributed by atoms with van der Waals surface area (Å²) in [6.07, 6.45) is 2.23. The highest BCUT2D eigenvalue weighted by molar-refractivity contribution is 9.10. The van der Waals surface area contributed by atoms with Crippen LogP contribution in [0.4, 0.5) is 10.1 Å². The van der Waals surface area contributed by atoms with Gasteiger partial charge in [0.25, 0.3) is 0 Å². The normalized spacial score (nSPS) is 20.6. The van der Waals surface area contributed by atoms with Gasteiger partial charge in [0.15, 0.2) is 0 Å². The van der Waals surface area contributed by atoms with Crippen LogP contribution in [0, 0.1) is 11.7 Å². The van der Waals surface area contributed by atoms with Crippen LogP contribution < -0.4 is 5.73 Å². The Morgan fingerprint density at radius 3 is 2.86 bits per heavy atom. The van der Waals surface area contributed by atoms with Crippen molar-refractivity contribution in [3.05, 3.63) is 22.4 Å². The van der Waals surface area contributed by atoms with Crippen molar-refractivity contribution in [2.75, 3.05) is 25.4 Å². The zero-order valence-electron chi connectivity index (χ0n) is 11.4. The number of nitrogen functional groups attached to an aromatic ring is 1. The highest BCUT2D eigenvalue weighted by Crippen LogP contribution is 2.31. The molecular weight excluding hydrogens is 363 g/mol. The number of hydrogen-bond acceptors (Lipinski definition) is 4. The Bertz CT molecular complexity index is 622. The quantitative estimate of drug-likeness (QED) is 0.781. The molecule has 118 valence electrons. The number of piperidine rings is 1. The number of hydrogen-bond donors (Lipinski definition) is 2. The Hall–Kier alpha value is -0.700. The maximum atomic E-state index is 13.4. The summed E-state index contributed by atoms with van der Waals surface area (Å²) >= 11 is 3.09. The van der Waals surface area contributed by atoms with Gasteiger partial charge in [0.1, 0.15) is 5.82 Å². The van der Waals surface area contributed by atoms with Crippen LogP contribution >= 0.6 is 15.9 Å². The molecule has 2 rings (SSSR count). The first-order valence-electron chi connectivity index (χ1n) is 6.71. The number of rotatable bonds is 4. The lowest BCUT2D eigenvalue weighted by molar-refractivity contribution is 0.203. The van der Waals surface area contributed by atoms with Gasteiger partial charge >= 0.3 is 0 Å². The van der Waals surface area contributed by atoms with Gasteiger partial charge in [-0.15, -0.1) is 0 Å². The molecule has 0 spiro atoms. The van der Waals surface area contributed by atoms with Gasteiger partial charge in [0, 0.05) is 24.2 Å². The summed E-state index contributed by atoms with van der Waals surface area (Å²) in [4.78, 5) is -0.0222. The van der Waals surface area contributed by atoms with Gasteiger partial charge < -0.3 is 10.8 Å². The van der Waals surface area contributed by atoms with Crippen LogP contribution in [-0.2, 0) is 10.0 Å². The number of nitrogens with two attached hydrogens (primary N) is 1. The smallest absolute Gasteiger partial charge is 0.244 e. The molecule has 1 heterocycles. The third-order valence-corrected chi connectivity index (χ3v) is 6.51. The van der Waals surface area contributed by atoms with E-state index in [-0.39, 0.29) is 27.6 Å². The van der Waals surface area contributed by atoms with Crippen molar-refractivity contribution in [1.82, 2.24) is 4.31 Å². The summed E-state index contributed by atoms with van der Waals surface area (Å²) in [6.45, 7) is 0.840. The predicted octanol–water partition coefficient (Wildman–Crippen LogP) is 1.95. The lowest BCUT2D eigenvalue weighted by atomic mass is 9.97. The molecule has 21 heavy (non-hydrogen) atoms. The zero-order chi connectivity index (χ0) is 15.6. The van der Waals surface area contributed by atoms with Crippen LogP contribution in [-0.4, -0.2) is 37.5 Å². The minimum atomic E-state index is -3.73. The second-order valence-corrected chi connectivity index (χ2v) is 7.95. The molecule has 0 radical (unpaired) electrons. The van der Waals surface area contributed by atoms with Gasteiger partial charge in [-0.05, 0) is 53.2 Å². The molecule has 8 heteroatoms. The van der Waals surface area contributed by atoms with Gasteiger partial charge in [-0.3, -0.25) is 0 Å². The lowest BCUT2D eigenvalue weighted by Crippen LogP contribution is -2.40. The molecule has 0 bridgehead atoms. The maximum absolute atomic E-state index is 13.4. The van der Waals surface area contributed by atoms with E-state index in [0.29, 0.717) is 19.5 Å². The summed E-state index contributed by atoms with van der Waals surface area (Å²) in [5.41, 5.74) is 5.29. The minimum Gasteiger partial charge on any atom is -0.396 e. The molecule has 1 aromatic carbocycles. The summed E-state index contributed by atoms with van der Waals surface area (Å²) < 4.78 is 40.3. The molecule has 0 aliphatic carbocycles. The summed E-state index contributed by atoms with van der Waals surface area (Å²) in [6, 6.07) is 2.21.